The van der Waals surface area contributed by atoms with Gasteiger partial charge in [-0.1, -0.05) is 19.9 Å². The summed E-state index contributed by atoms with van der Waals surface area (Å²) in [6.07, 6.45) is 1.53. The molecule has 0 aliphatic heterocycles. The fraction of sp³-hybridized carbons (Fsp3) is 0.583. The molecule has 1 aliphatic rings. The van der Waals surface area contributed by atoms with E-state index in [2.05, 4.69) is 6.58 Å². The van der Waals surface area contributed by atoms with Gasteiger partial charge in [-0.2, -0.15) is 0 Å². The predicted octanol–water partition coefficient (Wildman–Crippen LogP) is 1.21. The molecule has 0 aromatic carbocycles. The molecular formula is C12H18O3. The molecule has 0 fully saturated rings. The van der Waals surface area contributed by atoms with Crippen LogP contribution in [0.5, 0.6) is 0 Å². The maximum atomic E-state index is 11.0. The minimum absolute atomic E-state index is 0.187. The average Bonchev–Trinajstić information content (AvgIpc) is 2.16. The molecule has 0 saturated carbocycles. The molecule has 0 saturated heterocycles. The van der Waals surface area contributed by atoms with Crippen molar-refractivity contribution >= 4 is 6.29 Å². The smallest absolute Gasteiger partial charge is 0.146 e. The summed E-state index contributed by atoms with van der Waals surface area (Å²) >= 11 is 0. The molecule has 0 amide bonds. The number of rotatable bonds is 2. The first-order chi connectivity index (χ1) is 6.80. The quantitative estimate of drug-likeness (QED) is 0.532. The fourth-order valence-electron chi connectivity index (χ4n) is 2.19. The third-order valence-electron chi connectivity index (χ3n) is 3.64. The van der Waals surface area contributed by atoms with E-state index >= 15 is 0 Å². The van der Waals surface area contributed by atoms with Crippen molar-refractivity contribution in [2.75, 3.05) is 0 Å². The Morgan fingerprint density at radius 2 is 2.07 bits per heavy atom. The van der Waals surface area contributed by atoms with E-state index in [0.717, 1.165) is 0 Å². The maximum Gasteiger partial charge on any atom is 0.146 e. The lowest BCUT2D eigenvalue weighted by Gasteiger charge is -2.46. The van der Waals surface area contributed by atoms with Gasteiger partial charge in [0, 0.05) is 17.4 Å². The van der Waals surface area contributed by atoms with E-state index in [-0.39, 0.29) is 6.42 Å². The van der Waals surface area contributed by atoms with Crippen molar-refractivity contribution < 1.29 is 15.0 Å². The average molecular weight is 210 g/mol. The van der Waals surface area contributed by atoms with Crippen molar-refractivity contribution in [2.24, 2.45) is 5.41 Å². The lowest BCUT2D eigenvalue weighted by molar-refractivity contribution is -0.109. The summed E-state index contributed by atoms with van der Waals surface area (Å²) in [4.78, 5) is 11.0. The predicted molar refractivity (Wildman–Crippen MR) is 58.3 cm³/mol. The number of hydrogen-bond acceptors (Lipinski definition) is 3. The van der Waals surface area contributed by atoms with Crippen molar-refractivity contribution in [3.63, 3.8) is 0 Å². The van der Waals surface area contributed by atoms with Crippen molar-refractivity contribution in [1.29, 1.82) is 0 Å². The summed E-state index contributed by atoms with van der Waals surface area (Å²) in [7, 11) is 0. The number of carbonyl (C=O) groups is 1. The molecule has 3 heteroatoms. The van der Waals surface area contributed by atoms with Crippen LogP contribution in [-0.4, -0.2) is 28.2 Å². The molecule has 0 unspecified atom stereocenters. The number of hydrogen-bond donors (Lipinski definition) is 2. The highest BCUT2D eigenvalue weighted by Gasteiger charge is 2.49. The van der Waals surface area contributed by atoms with Gasteiger partial charge in [-0.15, -0.1) is 6.58 Å². The zero-order valence-electron chi connectivity index (χ0n) is 9.45. The Morgan fingerprint density at radius 3 is 2.47 bits per heavy atom. The molecule has 0 spiro atoms. The highest BCUT2D eigenvalue weighted by atomic mass is 16.3. The van der Waals surface area contributed by atoms with Gasteiger partial charge in [-0.25, -0.2) is 0 Å². The summed E-state index contributed by atoms with van der Waals surface area (Å²) in [6.45, 7) is 8.87. The second-order valence-corrected chi connectivity index (χ2v) is 4.69. The largest absolute Gasteiger partial charge is 0.389 e. The van der Waals surface area contributed by atoms with Crippen molar-refractivity contribution in [3.8, 4) is 0 Å². The van der Waals surface area contributed by atoms with Crippen LogP contribution in [-0.2, 0) is 4.79 Å². The summed E-state index contributed by atoms with van der Waals surface area (Å²) in [5.41, 5.74) is -0.840. The van der Waals surface area contributed by atoms with Gasteiger partial charge in [0.1, 0.15) is 6.29 Å². The Kier molecular flexibility index (Phi) is 2.90. The first-order valence-electron chi connectivity index (χ1n) is 5.00. The summed E-state index contributed by atoms with van der Waals surface area (Å²) < 4.78 is 0. The van der Waals surface area contributed by atoms with Gasteiger partial charge in [-0.3, -0.25) is 4.79 Å². The van der Waals surface area contributed by atoms with Crippen LogP contribution >= 0.6 is 0 Å². The lowest BCUT2D eigenvalue weighted by Crippen LogP contribution is -2.51. The van der Waals surface area contributed by atoms with Gasteiger partial charge < -0.3 is 10.2 Å². The van der Waals surface area contributed by atoms with Crippen LogP contribution in [0.4, 0.5) is 0 Å². The maximum absolute atomic E-state index is 11.0. The molecule has 1 aliphatic carbocycles. The monoisotopic (exact) mass is 210 g/mol. The third kappa shape index (κ3) is 1.56. The van der Waals surface area contributed by atoms with Crippen LogP contribution in [0.25, 0.3) is 0 Å². The van der Waals surface area contributed by atoms with E-state index in [9.17, 15) is 15.0 Å². The molecule has 0 aromatic heterocycles. The van der Waals surface area contributed by atoms with Crippen molar-refractivity contribution in [3.05, 3.63) is 23.8 Å². The van der Waals surface area contributed by atoms with E-state index in [1.54, 1.807) is 20.8 Å². The lowest BCUT2D eigenvalue weighted by atomic mass is 9.62. The molecule has 3 nitrogen and oxygen atoms in total. The van der Waals surface area contributed by atoms with Gasteiger partial charge in [0.05, 0.1) is 11.7 Å². The SMILES string of the molecule is C=C[C@]1(O)C[C@@H](O)C(C)=C(C=O)C1(C)C. The summed E-state index contributed by atoms with van der Waals surface area (Å²) in [5, 5.41) is 20.1. The highest BCUT2D eigenvalue weighted by molar-refractivity contribution is 5.78. The van der Waals surface area contributed by atoms with Crippen LogP contribution in [0.1, 0.15) is 27.2 Å². The zero-order chi connectivity index (χ0) is 11.9. The Hall–Kier alpha value is -0.930. The van der Waals surface area contributed by atoms with E-state index in [4.69, 9.17) is 0 Å². The second-order valence-electron chi connectivity index (χ2n) is 4.69. The highest BCUT2D eigenvalue weighted by Crippen LogP contribution is 2.47. The van der Waals surface area contributed by atoms with Gasteiger partial charge in [0.15, 0.2) is 0 Å². The third-order valence-corrected chi connectivity index (χ3v) is 3.64. The molecule has 0 bridgehead atoms. The molecule has 0 aromatic rings. The Morgan fingerprint density at radius 1 is 1.53 bits per heavy atom. The van der Waals surface area contributed by atoms with E-state index in [1.165, 1.54) is 6.08 Å². The van der Waals surface area contributed by atoms with Crippen molar-refractivity contribution in [2.45, 2.75) is 38.9 Å². The van der Waals surface area contributed by atoms with Crippen LogP contribution in [0.3, 0.4) is 0 Å². The van der Waals surface area contributed by atoms with Gasteiger partial charge >= 0.3 is 0 Å². The molecule has 84 valence electrons. The van der Waals surface area contributed by atoms with E-state index < -0.39 is 17.1 Å². The number of aliphatic hydroxyl groups is 2. The van der Waals surface area contributed by atoms with Crippen molar-refractivity contribution in [1.82, 2.24) is 0 Å². The number of aliphatic hydroxyl groups excluding tert-OH is 1. The van der Waals surface area contributed by atoms with Gasteiger partial charge in [-0.05, 0) is 12.5 Å². The first-order valence-corrected chi connectivity index (χ1v) is 5.00. The number of carbonyl (C=O) groups excluding carboxylic acids is 1. The second kappa shape index (κ2) is 3.58. The Balaban J connectivity index is 3.39. The van der Waals surface area contributed by atoms with Gasteiger partial charge in [0.25, 0.3) is 0 Å². The summed E-state index contributed by atoms with van der Waals surface area (Å²) in [5.74, 6) is 0. The van der Waals surface area contributed by atoms with E-state index in [1.807, 2.05) is 0 Å². The molecule has 0 radical (unpaired) electrons. The summed E-state index contributed by atoms with van der Waals surface area (Å²) in [6, 6.07) is 0. The van der Waals surface area contributed by atoms with Crippen LogP contribution in [0.15, 0.2) is 23.8 Å². The topological polar surface area (TPSA) is 57.5 Å². The van der Waals surface area contributed by atoms with Gasteiger partial charge in [0.2, 0.25) is 0 Å². The molecular weight excluding hydrogens is 192 g/mol. The van der Waals surface area contributed by atoms with Crippen LogP contribution in [0.2, 0.25) is 0 Å². The fourth-order valence-corrected chi connectivity index (χ4v) is 2.19. The Bertz CT molecular complexity index is 328. The molecule has 2 atom stereocenters. The standard InChI is InChI=1S/C12H18O3/c1-5-12(15)6-10(14)8(2)9(7-13)11(12,3)4/h5,7,10,14-15H,1,6H2,2-4H3/t10-,12+/m1/s1. The Labute approximate surface area is 90.1 Å². The van der Waals surface area contributed by atoms with Crippen LogP contribution in [0, 0.1) is 5.41 Å². The normalized spacial score (nSPS) is 35.1. The first kappa shape index (κ1) is 12.1. The minimum atomic E-state index is -1.23. The van der Waals surface area contributed by atoms with Crippen LogP contribution < -0.4 is 0 Å². The zero-order valence-corrected chi connectivity index (χ0v) is 9.45. The molecule has 1 rings (SSSR count). The molecule has 0 heterocycles. The number of aldehydes is 1. The molecule has 2 N–H and O–H groups in total. The molecule has 15 heavy (non-hydrogen) atoms. The van der Waals surface area contributed by atoms with E-state index in [0.29, 0.717) is 17.4 Å². The minimum Gasteiger partial charge on any atom is -0.389 e.